The molecule has 68 valence electrons. The van der Waals surface area contributed by atoms with Crippen LogP contribution in [0.5, 0.6) is 0 Å². The van der Waals surface area contributed by atoms with Gasteiger partial charge in [-0.25, -0.2) is 0 Å². The Kier molecular flexibility index (Phi) is 3.38. The van der Waals surface area contributed by atoms with Gasteiger partial charge in [0.25, 0.3) is 0 Å². The SMILES string of the molecule is CCCC(=N)C(=N)c1ccccc1. The minimum absolute atomic E-state index is 0.349. The predicted molar refractivity (Wildman–Crippen MR) is 55.9 cm³/mol. The molecule has 1 aromatic carbocycles. The number of nitrogens with one attached hydrogen (secondary N) is 2. The number of benzene rings is 1. The fourth-order valence-electron chi connectivity index (χ4n) is 1.15. The van der Waals surface area contributed by atoms with Crippen molar-refractivity contribution in [2.75, 3.05) is 0 Å². The standard InChI is InChI=1S/C11H14N2/c1-2-6-10(12)11(13)9-7-4-3-5-8-9/h3-5,7-8,12-13H,2,6H2,1H3. The van der Waals surface area contributed by atoms with Crippen LogP contribution in [0.15, 0.2) is 30.3 Å². The molecule has 1 aromatic rings. The molecule has 2 heteroatoms. The van der Waals surface area contributed by atoms with Gasteiger partial charge < -0.3 is 5.41 Å². The number of rotatable bonds is 4. The maximum atomic E-state index is 7.71. The van der Waals surface area contributed by atoms with Crippen molar-refractivity contribution in [3.63, 3.8) is 0 Å². The molecular formula is C11H14N2. The molecule has 0 atom stereocenters. The summed E-state index contributed by atoms with van der Waals surface area (Å²) in [4.78, 5) is 0. The molecule has 2 nitrogen and oxygen atoms in total. The van der Waals surface area contributed by atoms with E-state index in [4.69, 9.17) is 10.8 Å². The van der Waals surface area contributed by atoms with E-state index in [1.54, 1.807) is 0 Å². The van der Waals surface area contributed by atoms with Crippen LogP contribution in [0.3, 0.4) is 0 Å². The predicted octanol–water partition coefficient (Wildman–Crippen LogP) is 2.87. The Balaban J connectivity index is 2.74. The maximum Gasteiger partial charge on any atom is 0.0819 e. The molecule has 0 saturated heterocycles. The van der Waals surface area contributed by atoms with Crippen LogP contribution in [0.25, 0.3) is 0 Å². The van der Waals surface area contributed by atoms with Crippen LogP contribution in [0.4, 0.5) is 0 Å². The second kappa shape index (κ2) is 4.55. The van der Waals surface area contributed by atoms with E-state index in [0.29, 0.717) is 17.8 Å². The summed E-state index contributed by atoms with van der Waals surface area (Å²) in [7, 11) is 0. The van der Waals surface area contributed by atoms with Gasteiger partial charge in [-0.2, -0.15) is 0 Å². The largest absolute Gasteiger partial charge is 0.303 e. The van der Waals surface area contributed by atoms with Crippen molar-refractivity contribution in [1.29, 1.82) is 10.8 Å². The van der Waals surface area contributed by atoms with Crippen LogP contribution in [-0.2, 0) is 0 Å². The van der Waals surface area contributed by atoms with Gasteiger partial charge in [0.1, 0.15) is 0 Å². The molecule has 0 bridgehead atoms. The summed E-state index contributed by atoms with van der Waals surface area (Å²) in [6.45, 7) is 2.02. The molecule has 0 saturated carbocycles. The summed E-state index contributed by atoms with van der Waals surface area (Å²) in [6.07, 6.45) is 1.61. The van der Waals surface area contributed by atoms with E-state index in [2.05, 4.69) is 0 Å². The van der Waals surface area contributed by atoms with Gasteiger partial charge in [-0.3, -0.25) is 5.41 Å². The normalized spacial score (nSPS) is 9.62. The molecule has 0 fully saturated rings. The molecule has 0 amide bonds. The van der Waals surface area contributed by atoms with Crippen LogP contribution < -0.4 is 0 Å². The van der Waals surface area contributed by atoms with Crippen LogP contribution in [0, 0.1) is 10.8 Å². The van der Waals surface area contributed by atoms with Gasteiger partial charge in [0.15, 0.2) is 0 Å². The van der Waals surface area contributed by atoms with Gasteiger partial charge in [0.05, 0.1) is 11.4 Å². The van der Waals surface area contributed by atoms with Crippen LogP contribution >= 0.6 is 0 Å². The average Bonchev–Trinajstić information content (AvgIpc) is 2.18. The van der Waals surface area contributed by atoms with Gasteiger partial charge in [-0.15, -0.1) is 0 Å². The summed E-state index contributed by atoms with van der Waals surface area (Å²) in [5, 5.41) is 15.3. The quantitative estimate of drug-likeness (QED) is 0.659. The van der Waals surface area contributed by atoms with Crippen molar-refractivity contribution in [3.05, 3.63) is 35.9 Å². The first-order chi connectivity index (χ1) is 6.25. The Labute approximate surface area is 78.6 Å². The molecule has 13 heavy (non-hydrogen) atoms. The Morgan fingerprint density at radius 2 is 1.77 bits per heavy atom. The molecule has 0 unspecified atom stereocenters. The fourth-order valence-corrected chi connectivity index (χ4v) is 1.15. The summed E-state index contributed by atoms with van der Waals surface area (Å²) < 4.78 is 0. The first-order valence-corrected chi connectivity index (χ1v) is 4.47. The van der Waals surface area contributed by atoms with Crippen LogP contribution in [0.1, 0.15) is 25.3 Å². The molecule has 0 aromatic heterocycles. The lowest BCUT2D eigenvalue weighted by Crippen LogP contribution is -2.12. The van der Waals surface area contributed by atoms with E-state index in [-0.39, 0.29) is 0 Å². The molecule has 0 heterocycles. The van der Waals surface area contributed by atoms with Gasteiger partial charge in [-0.05, 0) is 6.42 Å². The fraction of sp³-hybridized carbons (Fsp3) is 0.273. The van der Waals surface area contributed by atoms with Crippen molar-refractivity contribution >= 4 is 11.4 Å². The van der Waals surface area contributed by atoms with Gasteiger partial charge in [-0.1, -0.05) is 43.7 Å². The zero-order valence-corrected chi connectivity index (χ0v) is 7.80. The third-order valence-corrected chi connectivity index (χ3v) is 1.86. The molecule has 0 spiro atoms. The monoisotopic (exact) mass is 174 g/mol. The molecule has 1 rings (SSSR count). The van der Waals surface area contributed by atoms with Crippen molar-refractivity contribution in [3.8, 4) is 0 Å². The van der Waals surface area contributed by atoms with E-state index in [1.807, 2.05) is 37.3 Å². The van der Waals surface area contributed by atoms with Crippen LogP contribution in [0.2, 0.25) is 0 Å². The minimum Gasteiger partial charge on any atom is -0.303 e. The van der Waals surface area contributed by atoms with E-state index >= 15 is 0 Å². The second-order valence-electron chi connectivity index (χ2n) is 2.97. The number of hydrogen-bond donors (Lipinski definition) is 2. The first kappa shape index (κ1) is 9.65. The lowest BCUT2D eigenvalue weighted by atomic mass is 10.0. The molecule has 2 N–H and O–H groups in total. The Bertz CT molecular complexity index is 301. The molecule has 0 aliphatic heterocycles. The lowest BCUT2D eigenvalue weighted by Gasteiger charge is -2.03. The Morgan fingerprint density at radius 3 is 2.31 bits per heavy atom. The van der Waals surface area contributed by atoms with E-state index in [0.717, 1.165) is 12.0 Å². The van der Waals surface area contributed by atoms with Gasteiger partial charge >= 0.3 is 0 Å². The first-order valence-electron chi connectivity index (χ1n) is 4.47. The molecule has 0 aliphatic carbocycles. The lowest BCUT2D eigenvalue weighted by molar-refractivity contribution is 0.993. The van der Waals surface area contributed by atoms with Crippen molar-refractivity contribution in [2.24, 2.45) is 0 Å². The molecular weight excluding hydrogens is 160 g/mol. The van der Waals surface area contributed by atoms with E-state index < -0.39 is 0 Å². The minimum atomic E-state index is 0.349. The van der Waals surface area contributed by atoms with Crippen LogP contribution in [-0.4, -0.2) is 11.4 Å². The Hall–Kier alpha value is -1.44. The summed E-state index contributed by atoms with van der Waals surface area (Å²) in [6, 6.07) is 9.44. The second-order valence-corrected chi connectivity index (χ2v) is 2.97. The highest BCUT2D eigenvalue weighted by molar-refractivity contribution is 6.46. The van der Waals surface area contributed by atoms with Crippen molar-refractivity contribution in [1.82, 2.24) is 0 Å². The third-order valence-electron chi connectivity index (χ3n) is 1.86. The summed E-state index contributed by atoms with van der Waals surface area (Å²) >= 11 is 0. The van der Waals surface area contributed by atoms with Crippen molar-refractivity contribution < 1.29 is 0 Å². The third kappa shape index (κ3) is 2.51. The topological polar surface area (TPSA) is 47.7 Å². The van der Waals surface area contributed by atoms with E-state index in [9.17, 15) is 0 Å². The highest BCUT2D eigenvalue weighted by atomic mass is 14.5. The smallest absolute Gasteiger partial charge is 0.0819 e. The van der Waals surface area contributed by atoms with E-state index in [1.165, 1.54) is 0 Å². The zero-order valence-electron chi connectivity index (χ0n) is 7.80. The molecule has 0 aliphatic rings. The summed E-state index contributed by atoms with van der Waals surface area (Å²) in [5.41, 5.74) is 1.61. The maximum absolute atomic E-state index is 7.71. The molecule has 0 radical (unpaired) electrons. The van der Waals surface area contributed by atoms with Crippen molar-refractivity contribution in [2.45, 2.75) is 19.8 Å². The summed E-state index contributed by atoms with van der Waals surface area (Å²) in [5.74, 6) is 0. The van der Waals surface area contributed by atoms with Gasteiger partial charge in [0, 0.05) is 5.56 Å². The highest BCUT2D eigenvalue weighted by Crippen LogP contribution is 2.03. The average molecular weight is 174 g/mol. The Morgan fingerprint density at radius 1 is 1.15 bits per heavy atom. The zero-order chi connectivity index (χ0) is 9.68. The highest BCUT2D eigenvalue weighted by Gasteiger charge is 2.05. The van der Waals surface area contributed by atoms with Gasteiger partial charge in [0.2, 0.25) is 0 Å². The number of hydrogen-bond acceptors (Lipinski definition) is 2.